The molecule has 0 aliphatic carbocycles. The fraction of sp³-hybridized carbons (Fsp3) is 0.250. The fourth-order valence-electron chi connectivity index (χ4n) is 2.27. The summed E-state index contributed by atoms with van der Waals surface area (Å²) in [5.41, 5.74) is 2.28. The summed E-state index contributed by atoms with van der Waals surface area (Å²) in [5, 5.41) is 27.4. The van der Waals surface area contributed by atoms with Crippen LogP contribution in [0.2, 0.25) is 0 Å². The predicted molar refractivity (Wildman–Crippen MR) is 98.2 cm³/mol. The van der Waals surface area contributed by atoms with Crippen LogP contribution in [-0.4, -0.2) is 32.3 Å². The van der Waals surface area contributed by atoms with E-state index < -0.39 is 0 Å². The number of amidine groups is 2. The molecule has 0 saturated carbocycles. The van der Waals surface area contributed by atoms with Crippen molar-refractivity contribution < 1.29 is 5.11 Å². The number of hydrogen-bond acceptors (Lipinski definition) is 4. The number of fused-ring (bicyclic) bond motifs is 1. The van der Waals surface area contributed by atoms with Gasteiger partial charge in [0, 0.05) is 5.75 Å². The number of aryl methyl sites for hydroxylation is 1. The Hall–Kier alpha value is -1.37. The first-order valence-electron chi connectivity index (χ1n) is 6.85. The lowest BCUT2D eigenvalue weighted by atomic mass is 10.0. The first-order valence-corrected chi connectivity index (χ1v) is 8.63. The standard InChI is InChI=1S/C16H18BrN3OS/c1-11-6-7-12(14-5-3-2-4-13(11)14)10-20(15(17)18)16(19)22-9-8-21/h2-7,18-19,21H,8-10H2,1H3. The molecule has 0 bridgehead atoms. The van der Waals surface area contributed by atoms with Crippen LogP contribution in [0.3, 0.4) is 0 Å². The van der Waals surface area contributed by atoms with Crippen LogP contribution in [-0.2, 0) is 6.54 Å². The van der Waals surface area contributed by atoms with E-state index in [1.54, 1.807) is 4.90 Å². The molecule has 0 fully saturated rings. The molecule has 4 nitrogen and oxygen atoms in total. The molecule has 0 radical (unpaired) electrons. The lowest BCUT2D eigenvalue weighted by molar-refractivity contribution is 0.322. The van der Waals surface area contributed by atoms with Crippen molar-refractivity contribution in [1.82, 2.24) is 4.90 Å². The molecule has 0 heterocycles. The normalized spacial score (nSPS) is 10.7. The fourth-order valence-corrected chi connectivity index (χ4v) is 3.29. The van der Waals surface area contributed by atoms with Crippen LogP contribution < -0.4 is 0 Å². The molecular weight excluding hydrogens is 362 g/mol. The highest BCUT2D eigenvalue weighted by Crippen LogP contribution is 2.25. The van der Waals surface area contributed by atoms with E-state index in [1.807, 2.05) is 18.2 Å². The zero-order valence-corrected chi connectivity index (χ0v) is 14.7. The molecular formula is C16H18BrN3OS. The van der Waals surface area contributed by atoms with Gasteiger partial charge in [-0.25, -0.2) is 0 Å². The average molecular weight is 380 g/mol. The highest BCUT2D eigenvalue weighted by atomic mass is 79.9. The van der Waals surface area contributed by atoms with Gasteiger partial charge < -0.3 is 5.11 Å². The lowest BCUT2D eigenvalue weighted by Crippen LogP contribution is -2.30. The van der Waals surface area contributed by atoms with Crippen molar-refractivity contribution in [3.8, 4) is 0 Å². The second kappa shape index (κ2) is 7.76. The third-order valence-corrected chi connectivity index (χ3v) is 4.68. The SMILES string of the molecule is Cc1ccc(CN(C(=N)Br)C(=N)SCCO)c2ccccc12. The summed E-state index contributed by atoms with van der Waals surface area (Å²) in [5.74, 6) is 0.449. The number of rotatable bonds is 4. The van der Waals surface area contributed by atoms with E-state index in [2.05, 4.69) is 41.1 Å². The number of thioether (sulfide) groups is 1. The maximum atomic E-state index is 8.90. The summed E-state index contributed by atoms with van der Waals surface area (Å²) < 4.78 is 0.146. The van der Waals surface area contributed by atoms with Crippen LogP contribution in [0.1, 0.15) is 11.1 Å². The maximum Gasteiger partial charge on any atom is 0.171 e. The summed E-state index contributed by atoms with van der Waals surface area (Å²) in [4.78, 5) is 1.58. The summed E-state index contributed by atoms with van der Waals surface area (Å²) in [6.45, 7) is 2.54. The van der Waals surface area contributed by atoms with Gasteiger partial charge in [0.1, 0.15) is 0 Å². The molecule has 0 saturated heterocycles. The minimum Gasteiger partial charge on any atom is -0.396 e. The van der Waals surface area contributed by atoms with Gasteiger partial charge in [0.25, 0.3) is 0 Å². The number of nitrogens with zero attached hydrogens (tertiary/aromatic N) is 1. The molecule has 3 N–H and O–H groups in total. The van der Waals surface area contributed by atoms with Gasteiger partial charge in [-0.05, 0) is 44.8 Å². The second-order valence-electron chi connectivity index (χ2n) is 4.84. The van der Waals surface area contributed by atoms with Crippen LogP contribution in [0, 0.1) is 17.7 Å². The first kappa shape index (κ1) is 17.0. The Balaban J connectivity index is 2.33. The van der Waals surface area contributed by atoms with Gasteiger partial charge in [-0.3, -0.25) is 15.7 Å². The minimum absolute atomic E-state index is 0.0178. The number of aliphatic hydroxyl groups excluding tert-OH is 1. The zero-order valence-electron chi connectivity index (χ0n) is 12.3. The number of nitrogens with one attached hydrogen (secondary N) is 2. The Kier molecular flexibility index (Phi) is 5.99. The Morgan fingerprint density at radius 1 is 1.18 bits per heavy atom. The first-order chi connectivity index (χ1) is 10.5. The second-order valence-corrected chi connectivity index (χ2v) is 6.68. The van der Waals surface area contributed by atoms with Crippen molar-refractivity contribution in [2.75, 3.05) is 12.4 Å². The Bertz CT molecular complexity index is 705. The van der Waals surface area contributed by atoms with Crippen LogP contribution in [0.15, 0.2) is 36.4 Å². The highest BCUT2D eigenvalue weighted by Gasteiger charge is 2.16. The van der Waals surface area contributed by atoms with Crippen LogP contribution in [0.4, 0.5) is 0 Å². The quantitative estimate of drug-likeness (QED) is 0.428. The number of halogens is 1. The van der Waals surface area contributed by atoms with Gasteiger partial charge in [-0.15, -0.1) is 0 Å². The molecule has 22 heavy (non-hydrogen) atoms. The molecule has 0 unspecified atom stereocenters. The van der Waals surface area contributed by atoms with Crippen LogP contribution in [0.5, 0.6) is 0 Å². The average Bonchev–Trinajstić information content (AvgIpc) is 2.52. The summed E-state index contributed by atoms with van der Waals surface area (Å²) in [7, 11) is 0. The van der Waals surface area contributed by atoms with Gasteiger partial charge in [0.2, 0.25) is 0 Å². The van der Waals surface area contributed by atoms with Crippen molar-refractivity contribution in [2.45, 2.75) is 13.5 Å². The molecule has 0 aliphatic rings. The Labute approximate surface area is 142 Å². The summed E-state index contributed by atoms with van der Waals surface area (Å²) >= 11 is 4.39. The molecule has 2 rings (SSSR count). The molecule has 2 aromatic rings. The highest BCUT2D eigenvalue weighted by molar-refractivity contribution is 9.18. The van der Waals surface area contributed by atoms with Gasteiger partial charge in [-0.1, -0.05) is 48.2 Å². The van der Waals surface area contributed by atoms with E-state index in [1.165, 1.54) is 22.7 Å². The maximum absolute atomic E-state index is 8.90. The van der Waals surface area contributed by atoms with Crippen LogP contribution in [0.25, 0.3) is 10.8 Å². The molecule has 116 valence electrons. The van der Waals surface area contributed by atoms with Gasteiger partial charge in [0.05, 0.1) is 13.2 Å². The van der Waals surface area contributed by atoms with Crippen molar-refractivity contribution in [1.29, 1.82) is 10.8 Å². The third kappa shape index (κ3) is 3.88. The number of hydrogen-bond donors (Lipinski definition) is 3. The molecule has 2 aromatic carbocycles. The predicted octanol–water partition coefficient (Wildman–Crippen LogP) is 3.94. The van der Waals surface area contributed by atoms with E-state index in [4.69, 9.17) is 15.9 Å². The zero-order chi connectivity index (χ0) is 16.1. The van der Waals surface area contributed by atoms with E-state index >= 15 is 0 Å². The number of aliphatic hydroxyl groups is 1. The molecule has 0 aliphatic heterocycles. The lowest BCUT2D eigenvalue weighted by Gasteiger charge is -2.23. The Morgan fingerprint density at radius 3 is 2.50 bits per heavy atom. The van der Waals surface area contributed by atoms with Crippen molar-refractivity contribution in [3.63, 3.8) is 0 Å². The molecule has 0 atom stereocenters. The van der Waals surface area contributed by atoms with Crippen LogP contribution >= 0.6 is 27.7 Å². The van der Waals surface area contributed by atoms with Crippen molar-refractivity contribution in [3.05, 3.63) is 47.5 Å². The van der Waals surface area contributed by atoms with Gasteiger partial charge >= 0.3 is 0 Å². The number of benzene rings is 2. The van der Waals surface area contributed by atoms with Gasteiger partial charge in [-0.2, -0.15) is 0 Å². The largest absolute Gasteiger partial charge is 0.396 e. The molecule has 6 heteroatoms. The van der Waals surface area contributed by atoms with E-state index in [0.717, 1.165) is 10.9 Å². The topological polar surface area (TPSA) is 71.2 Å². The van der Waals surface area contributed by atoms with E-state index in [0.29, 0.717) is 12.3 Å². The molecule has 0 amide bonds. The smallest absolute Gasteiger partial charge is 0.171 e. The Morgan fingerprint density at radius 2 is 1.86 bits per heavy atom. The monoisotopic (exact) mass is 379 g/mol. The summed E-state index contributed by atoms with van der Waals surface area (Å²) in [6.07, 6.45) is 0. The molecule has 0 spiro atoms. The summed E-state index contributed by atoms with van der Waals surface area (Å²) in [6, 6.07) is 12.3. The third-order valence-electron chi connectivity index (χ3n) is 3.37. The van der Waals surface area contributed by atoms with Crippen molar-refractivity contribution >= 4 is 48.4 Å². The van der Waals surface area contributed by atoms with Crippen molar-refractivity contribution in [2.24, 2.45) is 0 Å². The van der Waals surface area contributed by atoms with E-state index in [9.17, 15) is 0 Å². The molecule has 0 aromatic heterocycles. The van der Waals surface area contributed by atoms with Gasteiger partial charge in [0.15, 0.2) is 9.91 Å². The van der Waals surface area contributed by atoms with E-state index in [-0.39, 0.29) is 16.5 Å². The minimum atomic E-state index is 0.0178.